The number of nitrogens with zero attached hydrogens (tertiary/aromatic N) is 2. The van der Waals surface area contributed by atoms with E-state index in [1.54, 1.807) is 13.8 Å². The van der Waals surface area contributed by atoms with Crippen molar-refractivity contribution in [3.63, 3.8) is 0 Å². The quantitative estimate of drug-likeness (QED) is 0.875. The van der Waals surface area contributed by atoms with E-state index in [9.17, 15) is 18.0 Å². The Morgan fingerprint density at radius 3 is 2.55 bits per heavy atom. The molecule has 0 radical (unpaired) electrons. The molecule has 1 heterocycles. The Morgan fingerprint density at radius 2 is 2.05 bits per heavy atom. The maximum atomic E-state index is 12.2. The zero-order valence-electron chi connectivity index (χ0n) is 10.8. The van der Waals surface area contributed by atoms with Crippen molar-refractivity contribution in [1.29, 1.82) is 0 Å². The molecule has 0 aromatic carbocycles. The standard InChI is InChI=1S/C11H14ClF3N4O/c1-6(2)9(17-5-11(13,14)15)10(20)19-8-4-16-3-7(12)18-8/h3-4,6,9,17H,5H2,1-2H3,(H,18,19,20)/t9-/m1/s1. The predicted molar refractivity (Wildman–Crippen MR) is 68.4 cm³/mol. The smallest absolute Gasteiger partial charge is 0.308 e. The van der Waals surface area contributed by atoms with Crippen LogP contribution in [-0.4, -0.2) is 34.6 Å². The van der Waals surface area contributed by atoms with E-state index in [0.717, 1.165) is 0 Å². The van der Waals surface area contributed by atoms with Crippen molar-refractivity contribution in [2.75, 3.05) is 11.9 Å². The number of carbonyl (C=O) groups excluding carboxylic acids is 1. The molecule has 1 aromatic rings. The topological polar surface area (TPSA) is 66.9 Å². The van der Waals surface area contributed by atoms with Gasteiger partial charge in [0.2, 0.25) is 5.91 Å². The minimum Gasteiger partial charge on any atom is -0.308 e. The number of halogens is 4. The number of aromatic nitrogens is 2. The van der Waals surface area contributed by atoms with Gasteiger partial charge in [0, 0.05) is 0 Å². The first-order valence-corrected chi connectivity index (χ1v) is 6.15. The number of carbonyl (C=O) groups is 1. The van der Waals surface area contributed by atoms with Gasteiger partial charge in [0.15, 0.2) is 5.82 Å². The van der Waals surface area contributed by atoms with Crippen LogP contribution in [0.25, 0.3) is 0 Å². The molecule has 1 aromatic heterocycles. The highest BCUT2D eigenvalue weighted by molar-refractivity contribution is 6.29. The van der Waals surface area contributed by atoms with Crippen molar-refractivity contribution in [2.45, 2.75) is 26.1 Å². The summed E-state index contributed by atoms with van der Waals surface area (Å²) < 4.78 is 36.6. The molecule has 0 bridgehead atoms. The average Bonchev–Trinajstić information content (AvgIpc) is 2.26. The third-order valence-electron chi connectivity index (χ3n) is 2.33. The molecule has 20 heavy (non-hydrogen) atoms. The summed E-state index contributed by atoms with van der Waals surface area (Å²) >= 11 is 5.60. The summed E-state index contributed by atoms with van der Waals surface area (Å²) in [6.45, 7) is 2.03. The summed E-state index contributed by atoms with van der Waals surface area (Å²) in [5.74, 6) is -0.868. The molecular weight excluding hydrogens is 297 g/mol. The zero-order chi connectivity index (χ0) is 15.3. The lowest BCUT2D eigenvalue weighted by Gasteiger charge is -2.22. The number of rotatable bonds is 5. The second-order valence-corrected chi connectivity index (χ2v) is 4.82. The Balaban J connectivity index is 2.69. The number of hydrogen-bond donors (Lipinski definition) is 2. The number of hydrogen-bond acceptors (Lipinski definition) is 4. The van der Waals surface area contributed by atoms with Gasteiger partial charge in [0.05, 0.1) is 25.0 Å². The van der Waals surface area contributed by atoms with E-state index in [-0.39, 0.29) is 16.9 Å². The highest BCUT2D eigenvalue weighted by atomic mass is 35.5. The molecule has 0 aliphatic carbocycles. The number of amides is 1. The van der Waals surface area contributed by atoms with Crippen LogP contribution in [0.5, 0.6) is 0 Å². The summed E-state index contributed by atoms with van der Waals surface area (Å²) in [6.07, 6.45) is -1.85. The van der Waals surface area contributed by atoms with E-state index in [1.807, 2.05) is 0 Å². The normalized spacial score (nSPS) is 13.3. The molecule has 1 amide bonds. The summed E-state index contributed by atoms with van der Waals surface area (Å²) in [5.41, 5.74) is 0. The first-order valence-electron chi connectivity index (χ1n) is 5.77. The highest BCUT2D eigenvalue weighted by Crippen LogP contribution is 2.15. The van der Waals surface area contributed by atoms with Gasteiger partial charge in [0.1, 0.15) is 5.15 Å². The van der Waals surface area contributed by atoms with Crippen LogP contribution >= 0.6 is 11.6 Å². The lowest BCUT2D eigenvalue weighted by Crippen LogP contribution is -2.47. The second-order valence-electron chi connectivity index (χ2n) is 4.43. The van der Waals surface area contributed by atoms with Crippen LogP contribution in [0.2, 0.25) is 5.15 Å². The molecule has 0 saturated carbocycles. The van der Waals surface area contributed by atoms with E-state index in [1.165, 1.54) is 12.4 Å². The summed E-state index contributed by atoms with van der Waals surface area (Å²) in [4.78, 5) is 19.4. The van der Waals surface area contributed by atoms with Crippen molar-refractivity contribution in [3.05, 3.63) is 17.5 Å². The number of anilines is 1. The molecule has 0 fully saturated rings. The van der Waals surface area contributed by atoms with Crippen LogP contribution in [0.1, 0.15) is 13.8 Å². The Bertz CT molecular complexity index is 467. The molecule has 0 spiro atoms. The molecule has 2 N–H and O–H groups in total. The lowest BCUT2D eigenvalue weighted by atomic mass is 10.0. The zero-order valence-corrected chi connectivity index (χ0v) is 11.6. The average molecular weight is 311 g/mol. The maximum Gasteiger partial charge on any atom is 0.401 e. The Hall–Kier alpha value is -1.41. The van der Waals surface area contributed by atoms with Gasteiger partial charge in [-0.15, -0.1) is 0 Å². The fourth-order valence-electron chi connectivity index (χ4n) is 1.46. The van der Waals surface area contributed by atoms with Gasteiger partial charge in [-0.25, -0.2) is 4.98 Å². The van der Waals surface area contributed by atoms with Crippen LogP contribution in [-0.2, 0) is 4.79 Å². The molecule has 0 aliphatic heterocycles. The van der Waals surface area contributed by atoms with E-state index < -0.39 is 24.7 Å². The molecule has 0 unspecified atom stereocenters. The monoisotopic (exact) mass is 310 g/mol. The molecule has 0 saturated heterocycles. The molecule has 1 atom stereocenters. The lowest BCUT2D eigenvalue weighted by molar-refractivity contribution is -0.131. The maximum absolute atomic E-state index is 12.2. The minimum atomic E-state index is -4.39. The first kappa shape index (κ1) is 16.6. The summed E-state index contributed by atoms with van der Waals surface area (Å²) in [6, 6.07) is -1.00. The van der Waals surface area contributed by atoms with E-state index in [4.69, 9.17) is 11.6 Å². The van der Waals surface area contributed by atoms with Crippen LogP contribution in [0.15, 0.2) is 12.4 Å². The van der Waals surface area contributed by atoms with Gasteiger partial charge in [-0.2, -0.15) is 13.2 Å². The van der Waals surface area contributed by atoms with Crippen LogP contribution in [0.3, 0.4) is 0 Å². The van der Waals surface area contributed by atoms with Crippen molar-refractivity contribution < 1.29 is 18.0 Å². The first-order chi connectivity index (χ1) is 9.19. The van der Waals surface area contributed by atoms with Gasteiger partial charge >= 0.3 is 6.18 Å². The Kier molecular flexibility index (Phi) is 5.70. The molecule has 1 rings (SSSR count). The Labute approximate surface area is 118 Å². The van der Waals surface area contributed by atoms with Crippen LogP contribution in [0, 0.1) is 5.92 Å². The third-order valence-corrected chi connectivity index (χ3v) is 2.51. The minimum absolute atomic E-state index is 0.0761. The molecule has 5 nitrogen and oxygen atoms in total. The van der Waals surface area contributed by atoms with Crippen LogP contribution < -0.4 is 10.6 Å². The molecule has 0 aliphatic rings. The second kappa shape index (κ2) is 6.85. The van der Waals surface area contributed by atoms with E-state index in [2.05, 4.69) is 20.6 Å². The van der Waals surface area contributed by atoms with Gasteiger partial charge in [-0.1, -0.05) is 25.4 Å². The van der Waals surface area contributed by atoms with Crippen molar-refractivity contribution in [1.82, 2.24) is 15.3 Å². The molecule has 112 valence electrons. The van der Waals surface area contributed by atoms with Gasteiger partial charge < -0.3 is 5.32 Å². The fraction of sp³-hybridized carbons (Fsp3) is 0.545. The van der Waals surface area contributed by atoms with Gasteiger partial charge in [0.25, 0.3) is 0 Å². The van der Waals surface area contributed by atoms with Gasteiger partial charge in [-0.05, 0) is 5.92 Å². The third kappa shape index (κ3) is 5.70. The van der Waals surface area contributed by atoms with Gasteiger partial charge in [-0.3, -0.25) is 15.1 Å². The Morgan fingerprint density at radius 1 is 1.40 bits per heavy atom. The van der Waals surface area contributed by atoms with Crippen molar-refractivity contribution in [2.24, 2.45) is 5.92 Å². The summed E-state index contributed by atoms with van der Waals surface area (Å²) in [5, 5.41) is 4.63. The largest absolute Gasteiger partial charge is 0.401 e. The van der Waals surface area contributed by atoms with Crippen molar-refractivity contribution in [3.8, 4) is 0 Å². The molecule has 9 heteroatoms. The SMILES string of the molecule is CC(C)[C@@H](NCC(F)(F)F)C(=O)Nc1cncc(Cl)n1. The van der Waals surface area contributed by atoms with E-state index >= 15 is 0 Å². The highest BCUT2D eigenvalue weighted by Gasteiger charge is 2.31. The molecular formula is C11H14ClF3N4O. The number of alkyl halides is 3. The van der Waals surface area contributed by atoms with Crippen molar-refractivity contribution >= 4 is 23.3 Å². The summed E-state index contributed by atoms with van der Waals surface area (Å²) in [7, 11) is 0. The number of nitrogens with one attached hydrogen (secondary N) is 2. The fourth-order valence-corrected chi connectivity index (χ4v) is 1.61. The van der Waals surface area contributed by atoms with E-state index in [0.29, 0.717) is 0 Å². The van der Waals surface area contributed by atoms with Crippen LogP contribution in [0.4, 0.5) is 19.0 Å². The predicted octanol–water partition coefficient (Wildman–Crippen LogP) is 2.25.